The van der Waals surface area contributed by atoms with Crippen molar-refractivity contribution >= 4 is 17.5 Å². The summed E-state index contributed by atoms with van der Waals surface area (Å²) in [7, 11) is 3.54. The molecule has 122 valence electrons. The first-order chi connectivity index (χ1) is 10.7. The number of nitrogens with zero attached hydrogens (tertiary/aromatic N) is 1. The highest BCUT2D eigenvalue weighted by atomic mass is 16.6. The number of methoxy groups -OCH3 is 1. The summed E-state index contributed by atoms with van der Waals surface area (Å²) in [5.74, 6) is 0.816. The zero-order valence-electron chi connectivity index (χ0n) is 13.5. The van der Waals surface area contributed by atoms with E-state index >= 15 is 0 Å². The fraction of sp³-hybridized carbons (Fsp3) is 0.562. The first kappa shape index (κ1) is 16.3. The number of nitrogens with one attached hydrogen (secondary N) is 2. The molecular weight excluding hydrogens is 282 g/mol. The number of likely N-dealkylation sites (tertiary alicyclic amines) is 1. The van der Waals surface area contributed by atoms with Gasteiger partial charge in [-0.25, -0.2) is 4.79 Å². The third-order valence-electron chi connectivity index (χ3n) is 3.86. The summed E-state index contributed by atoms with van der Waals surface area (Å²) >= 11 is 0. The van der Waals surface area contributed by atoms with E-state index < -0.39 is 0 Å². The molecule has 1 fully saturated rings. The molecule has 0 spiro atoms. The average Bonchev–Trinajstić information content (AvgIpc) is 2.55. The highest BCUT2D eigenvalue weighted by Crippen LogP contribution is 2.28. The van der Waals surface area contributed by atoms with Crippen LogP contribution in [0.25, 0.3) is 0 Å². The van der Waals surface area contributed by atoms with E-state index in [9.17, 15) is 4.79 Å². The van der Waals surface area contributed by atoms with Gasteiger partial charge in [-0.2, -0.15) is 0 Å². The van der Waals surface area contributed by atoms with E-state index in [0.717, 1.165) is 43.1 Å². The molecule has 6 heteroatoms. The molecule has 1 aliphatic rings. The molecule has 0 radical (unpaired) electrons. The minimum atomic E-state index is -0.207. The Bertz CT molecular complexity index is 499. The summed E-state index contributed by atoms with van der Waals surface area (Å²) < 4.78 is 10.4. The van der Waals surface area contributed by atoms with Crippen LogP contribution in [0.1, 0.15) is 19.8 Å². The van der Waals surface area contributed by atoms with Crippen molar-refractivity contribution in [3.63, 3.8) is 0 Å². The fourth-order valence-corrected chi connectivity index (χ4v) is 2.64. The van der Waals surface area contributed by atoms with Crippen molar-refractivity contribution in [2.45, 2.75) is 25.8 Å². The van der Waals surface area contributed by atoms with Crippen LogP contribution in [-0.2, 0) is 4.74 Å². The molecule has 2 rings (SSSR count). The quantitative estimate of drug-likeness (QED) is 0.876. The number of benzene rings is 1. The number of anilines is 2. The fourth-order valence-electron chi connectivity index (χ4n) is 2.64. The molecule has 0 atom stereocenters. The van der Waals surface area contributed by atoms with E-state index in [1.807, 2.05) is 32.2 Å². The number of ether oxygens (including phenoxy) is 2. The van der Waals surface area contributed by atoms with Crippen molar-refractivity contribution in [2.75, 3.05) is 44.5 Å². The van der Waals surface area contributed by atoms with E-state index in [2.05, 4.69) is 10.6 Å². The van der Waals surface area contributed by atoms with E-state index in [1.54, 1.807) is 12.0 Å². The van der Waals surface area contributed by atoms with Crippen molar-refractivity contribution in [1.29, 1.82) is 0 Å². The molecule has 0 unspecified atom stereocenters. The Morgan fingerprint density at radius 1 is 1.36 bits per heavy atom. The minimum absolute atomic E-state index is 0.207. The topological polar surface area (TPSA) is 62.8 Å². The van der Waals surface area contributed by atoms with E-state index in [0.29, 0.717) is 12.6 Å². The Labute approximate surface area is 131 Å². The smallest absolute Gasteiger partial charge is 0.409 e. The van der Waals surface area contributed by atoms with Gasteiger partial charge in [-0.05, 0) is 31.9 Å². The number of carbonyl (C=O) groups excluding carboxylic acids is 1. The van der Waals surface area contributed by atoms with Crippen molar-refractivity contribution in [3.05, 3.63) is 18.2 Å². The van der Waals surface area contributed by atoms with Gasteiger partial charge in [0.25, 0.3) is 0 Å². The van der Waals surface area contributed by atoms with Crippen LogP contribution >= 0.6 is 0 Å². The molecule has 1 heterocycles. The monoisotopic (exact) mass is 307 g/mol. The second-order valence-electron chi connectivity index (χ2n) is 5.27. The Balaban J connectivity index is 1.89. The number of hydrogen-bond donors (Lipinski definition) is 2. The van der Waals surface area contributed by atoms with E-state index in [4.69, 9.17) is 9.47 Å². The lowest BCUT2D eigenvalue weighted by atomic mass is 10.0. The van der Waals surface area contributed by atoms with Gasteiger partial charge < -0.3 is 25.0 Å². The van der Waals surface area contributed by atoms with Gasteiger partial charge in [-0.3, -0.25) is 0 Å². The Morgan fingerprint density at radius 2 is 2.09 bits per heavy atom. The zero-order valence-corrected chi connectivity index (χ0v) is 13.5. The number of carbonyl (C=O) groups is 1. The number of rotatable bonds is 5. The summed E-state index contributed by atoms with van der Waals surface area (Å²) in [4.78, 5) is 13.4. The highest BCUT2D eigenvalue weighted by molar-refractivity contribution is 5.68. The largest absolute Gasteiger partial charge is 0.495 e. The van der Waals surface area contributed by atoms with Gasteiger partial charge in [-0.1, -0.05) is 0 Å². The predicted octanol–water partition coefficient (Wildman–Crippen LogP) is 2.77. The second-order valence-corrected chi connectivity index (χ2v) is 5.27. The third-order valence-corrected chi connectivity index (χ3v) is 3.86. The standard InChI is InChI=1S/C16H25N3O3/c1-4-22-16(20)19-9-7-12(8-10-19)18-13-5-6-14(17-2)15(11-13)21-3/h5-6,11-12,17-18H,4,7-10H2,1-3H3. The van der Waals surface area contributed by atoms with Gasteiger partial charge >= 0.3 is 6.09 Å². The minimum Gasteiger partial charge on any atom is -0.495 e. The van der Waals surface area contributed by atoms with Crippen molar-refractivity contribution in [1.82, 2.24) is 4.90 Å². The van der Waals surface area contributed by atoms with Gasteiger partial charge in [0.05, 0.1) is 19.4 Å². The van der Waals surface area contributed by atoms with Crippen molar-refractivity contribution < 1.29 is 14.3 Å². The maximum Gasteiger partial charge on any atom is 0.409 e. The van der Waals surface area contributed by atoms with Crippen LogP contribution in [0.5, 0.6) is 5.75 Å². The summed E-state index contributed by atoms with van der Waals surface area (Å²) in [5, 5.41) is 6.61. The Kier molecular flexibility index (Phi) is 5.75. The first-order valence-corrected chi connectivity index (χ1v) is 7.72. The summed E-state index contributed by atoms with van der Waals surface area (Å²) in [6, 6.07) is 6.38. The van der Waals surface area contributed by atoms with Gasteiger partial charge in [0, 0.05) is 37.9 Å². The van der Waals surface area contributed by atoms with Gasteiger partial charge in [0.2, 0.25) is 0 Å². The molecule has 0 aliphatic carbocycles. The van der Waals surface area contributed by atoms with Gasteiger partial charge in [0.15, 0.2) is 0 Å². The lowest BCUT2D eigenvalue weighted by Crippen LogP contribution is -2.42. The van der Waals surface area contributed by atoms with Crippen LogP contribution in [0.15, 0.2) is 18.2 Å². The van der Waals surface area contributed by atoms with Crippen LogP contribution in [0, 0.1) is 0 Å². The second kappa shape index (κ2) is 7.77. The lowest BCUT2D eigenvalue weighted by Gasteiger charge is -2.32. The highest BCUT2D eigenvalue weighted by Gasteiger charge is 2.23. The van der Waals surface area contributed by atoms with Crippen LogP contribution in [-0.4, -0.2) is 50.9 Å². The van der Waals surface area contributed by atoms with Crippen molar-refractivity contribution in [2.24, 2.45) is 0 Å². The maximum atomic E-state index is 11.7. The molecule has 1 aliphatic heterocycles. The molecule has 0 aromatic heterocycles. The molecule has 1 aromatic rings. The zero-order chi connectivity index (χ0) is 15.9. The molecule has 22 heavy (non-hydrogen) atoms. The molecule has 2 N–H and O–H groups in total. The average molecular weight is 307 g/mol. The van der Waals surface area contributed by atoms with Crippen LogP contribution in [0.2, 0.25) is 0 Å². The summed E-state index contributed by atoms with van der Waals surface area (Å²) in [6.07, 6.45) is 1.62. The summed E-state index contributed by atoms with van der Waals surface area (Å²) in [6.45, 7) is 3.70. The summed E-state index contributed by atoms with van der Waals surface area (Å²) in [5.41, 5.74) is 2.00. The number of amides is 1. The Hall–Kier alpha value is -2.11. The molecule has 1 amide bonds. The molecule has 0 saturated carbocycles. The first-order valence-electron chi connectivity index (χ1n) is 7.72. The van der Waals surface area contributed by atoms with Crippen LogP contribution in [0.3, 0.4) is 0 Å². The molecule has 1 saturated heterocycles. The SMILES string of the molecule is CCOC(=O)N1CCC(Nc2ccc(NC)c(OC)c2)CC1. The number of piperidine rings is 1. The molecule has 6 nitrogen and oxygen atoms in total. The molecule has 0 bridgehead atoms. The van der Waals surface area contributed by atoms with Crippen LogP contribution in [0.4, 0.5) is 16.2 Å². The normalized spacial score (nSPS) is 15.3. The predicted molar refractivity (Wildman–Crippen MR) is 87.8 cm³/mol. The van der Waals surface area contributed by atoms with E-state index in [-0.39, 0.29) is 6.09 Å². The van der Waals surface area contributed by atoms with E-state index in [1.165, 1.54) is 0 Å². The van der Waals surface area contributed by atoms with Gasteiger partial charge in [-0.15, -0.1) is 0 Å². The Morgan fingerprint density at radius 3 is 2.68 bits per heavy atom. The lowest BCUT2D eigenvalue weighted by molar-refractivity contribution is 0.0983. The third kappa shape index (κ3) is 3.96. The molecular formula is C16H25N3O3. The molecule has 1 aromatic carbocycles. The van der Waals surface area contributed by atoms with Gasteiger partial charge in [0.1, 0.15) is 5.75 Å². The number of hydrogen-bond acceptors (Lipinski definition) is 5. The maximum absolute atomic E-state index is 11.7. The van der Waals surface area contributed by atoms with Crippen molar-refractivity contribution in [3.8, 4) is 5.75 Å². The van der Waals surface area contributed by atoms with Crippen LogP contribution < -0.4 is 15.4 Å².